The molecule has 6 heteroatoms. The molecule has 1 saturated heterocycles. The van der Waals surface area contributed by atoms with E-state index in [2.05, 4.69) is 10.3 Å². The van der Waals surface area contributed by atoms with Crippen LogP contribution in [-0.2, 0) is 4.74 Å². The molecule has 1 aromatic heterocycles. The number of aromatic nitrogens is 1. The van der Waals surface area contributed by atoms with Crippen LogP contribution < -0.4 is 5.32 Å². The van der Waals surface area contributed by atoms with Gasteiger partial charge in [0.1, 0.15) is 5.69 Å². The summed E-state index contributed by atoms with van der Waals surface area (Å²) < 4.78 is 5.55. The van der Waals surface area contributed by atoms with E-state index < -0.39 is 11.9 Å². The Morgan fingerprint density at radius 1 is 1.58 bits per heavy atom. The Bertz CT molecular complexity index is 495. The molecule has 1 fully saturated rings. The minimum Gasteiger partial charge on any atom is -0.478 e. The van der Waals surface area contributed by atoms with E-state index in [4.69, 9.17) is 9.84 Å². The summed E-state index contributed by atoms with van der Waals surface area (Å²) in [6.45, 7) is 2.97. The molecule has 0 saturated carbocycles. The topological polar surface area (TPSA) is 88.5 Å². The van der Waals surface area contributed by atoms with Crippen molar-refractivity contribution in [2.24, 2.45) is 0 Å². The number of nitrogens with zero attached hydrogens (tertiary/aromatic N) is 1. The number of amides is 1. The van der Waals surface area contributed by atoms with Gasteiger partial charge in [-0.3, -0.25) is 9.78 Å². The van der Waals surface area contributed by atoms with Crippen molar-refractivity contribution in [1.29, 1.82) is 0 Å². The van der Waals surface area contributed by atoms with Gasteiger partial charge in [0, 0.05) is 19.3 Å². The van der Waals surface area contributed by atoms with Gasteiger partial charge in [-0.1, -0.05) is 0 Å². The first-order chi connectivity index (χ1) is 9.02. The fraction of sp³-hybridized carbons (Fsp3) is 0.462. The van der Waals surface area contributed by atoms with E-state index in [9.17, 15) is 9.59 Å². The molecule has 6 nitrogen and oxygen atoms in total. The number of carbonyl (C=O) groups is 2. The summed E-state index contributed by atoms with van der Waals surface area (Å²) >= 11 is 0. The van der Waals surface area contributed by atoms with Crippen molar-refractivity contribution >= 4 is 11.9 Å². The number of hydrogen-bond donors (Lipinski definition) is 2. The first-order valence-corrected chi connectivity index (χ1v) is 6.12. The van der Waals surface area contributed by atoms with Crippen molar-refractivity contribution < 1.29 is 19.4 Å². The largest absolute Gasteiger partial charge is 0.478 e. The monoisotopic (exact) mass is 264 g/mol. The number of pyridine rings is 1. The number of carboxylic acids is 1. The lowest BCUT2D eigenvalue weighted by molar-refractivity contribution is 0.0205. The van der Waals surface area contributed by atoms with Crippen LogP contribution in [0.3, 0.4) is 0 Å². The highest BCUT2D eigenvalue weighted by atomic mass is 16.5. The third-order valence-electron chi connectivity index (χ3n) is 3.18. The van der Waals surface area contributed by atoms with E-state index in [1.165, 1.54) is 18.3 Å². The lowest BCUT2D eigenvalue weighted by atomic mass is 10.0. The van der Waals surface area contributed by atoms with Gasteiger partial charge in [0.25, 0.3) is 5.91 Å². The number of ether oxygens (including phenoxy) is 1. The average Bonchev–Trinajstić information content (AvgIpc) is 2.83. The van der Waals surface area contributed by atoms with Gasteiger partial charge in [0.05, 0.1) is 11.2 Å². The zero-order valence-corrected chi connectivity index (χ0v) is 10.7. The third-order valence-corrected chi connectivity index (χ3v) is 3.18. The molecular formula is C13H16N2O4. The fourth-order valence-electron chi connectivity index (χ4n) is 2.09. The lowest BCUT2D eigenvalue weighted by Gasteiger charge is -2.23. The van der Waals surface area contributed by atoms with Crippen LogP contribution in [0.15, 0.2) is 18.3 Å². The van der Waals surface area contributed by atoms with Gasteiger partial charge in [0.15, 0.2) is 0 Å². The Balaban J connectivity index is 2.06. The highest BCUT2D eigenvalue weighted by Crippen LogP contribution is 2.24. The van der Waals surface area contributed by atoms with E-state index in [1.54, 1.807) is 0 Å². The second kappa shape index (κ2) is 5.36. The standard InChI is InChI=1S/C13H16N2O4/c1-13(5-3-7-19-13)8-15-11(16)10-9(12(17)18)4-2-6-14-10/h2,4,6H,3,5,7-8H2,1H3,(H,15,16)(H,17,18). The maximum absolute atomic E-state index is 12.0. The molecule has 1 aliphatic heterocycles. The molecule has 19 heavy (non-hydrogen) atoms. The van der Waals surface area contributed by atoms with Gasteiger partial charge in [-0.05, 0) is 31.9 Å². The van der Waals surface area contributed by atoms with Gasteiger partial charge in [-0.25, -0.2) is 4.79 Å². The van der Waals surface area contributed by atoms with E-state index in [0.29, 0.717) is 13.2 Å². The van der Waals surface area contributed by atoms with Crippen LogP contribution >= 0.6 is 0 Å². The van der Waals surface area contributed by atoms with Crippen LogP contribution in [0.4, 0.5) is 0 Å². The van der Waals surface area contributed by atoms with Crippen LogP contribution in [0.2, 0.25) is 0 Å². The summed E-state index contributed by atoms with van der Waals surface area (Å²) in [7, 11) is 0. The highest BCUT2D eigenvalue weighted by molar-refractivity contribution is 6.03. The predicted molar refractivity (Wildman–Crippen MR) is 67.1 cm³/mol. The van der Waals surface area contributed by atoms with Gasteiger partial charge < -0.3 is 15.2 Å². The molecule has 0 aliphatic carbocycles. The van der Waals surface area contributed by atoms with Crippen molar-refractivity contribution in [2.75, 3.05) is 13.2 Å². The van der Waals surface area contributed by atoms with E-state index >= 15 is 0 Å². The molecule has 0 aromatic carbocycles. The number of carboxylic acid groups (broad SMARTS) is 1. The Morgan fingerprint density at radius 3 is 3.00 bits per heavy atom. The molecule has 2 N–H and O–H groups in total. The van der Waals surface area contributed by atoms with Gasteiger partial charge in [-0.2, -0.15) is 0 Å². The molecule has 1 unspecified atom stereocenters. The maximum Gasteiger partial charge on any atom is 0.338 e. The lowest BCUT2D eigenvalue weighted by Crippen LogP contribution is -2.40. The van der Waals surface area contributed by atoms with Crippen LogP contribution in [-0.4, -0.2) is 40.7 Å². The van der Waals surface area contributed by atoms with Crippen molar-refractivity contribution in [3.05, 3.63) is 29.6 Å². The predicted octanol–water partition coefficient (Wildman–Crippen LogP) is 1.08. The quantitative estimate of drug-likeness (QED) is 0.849. The summed E-state index contributed by atoms with van der Waals surface area (Å²) in [6, 6.07) is 2.85. The number of nitrogens with one attached hydrogen (secondary N) is 1. The minimum absolute atomic E-state index is 0.0726. The normalized spacial score (nSPS) is 22.2. The summed E-state index contributed by atoms with van der Waals surface area (Å²) in [5.74, 6) is -1.66. The second-order valence-corrected chi connectivity index (χ2v) is 4.79. The minimum atomic E-state index is -1.17. The fourth-order valence-corrected chi connectivity index (χ4v) is 2.09. The van der Waals surface area contributed by atoms with Crippen LogP contribution in [0.25, 0.3) is 0 Å². The third kappa shape index (κ3) is 3.08. The number of hydrogen-bond acceptors (Lipinski definition) is 4. The Kier molecular flexibility index (Phi) is 3.80. The van der Waals surface area contributed by atoms with Gasteiger partial charge in [-0.15, -0.1) is 0 Å². The zero-order chi connectivity index (χ0) is 13.9. The first kappa shape index (κ1) is 13.5. The van der Waals surface area contributed by atoms with Gasteiger partial charge >= 0.3 is 5.97 Å². The maximum atomic E-state index is 12.0. The molecule has 1 aromatic rings. The molecular weight excluding hydrogens is 248 g/mol. The smallest absolute Gasteiger partial charge is 0.338 e. The zero-order valence-electron chi connectivity index (χ0n) is 10.7. The average molecular weight is 264 g/mol. The summed E-state index contributed by atoms with van der Waals surface area (Å²) in [4.78, 5) is 26.8. The molecule has 1 atom stereocenters. The van der Waals surface area contributed by atoms with E-state index in [-0.39, 0.29) is 16.9 Å². The molecule has 2 rings (SSSR count). The van der Waals surface area contributed by atoms with E-state index in [0.717, 1.165) is 12.8 Å². The van der Waals surface area contributed by atoms with Crippen LogP contribution in [0, 0.1) is 0 Å². The molecule has 0 radical (unpaired) electrons. The van der Waals surface area contributed by atoms with Crippen molar-refractivity contribution in [1.82, 2.24) is 10.3 Å². The summed E-state index contributed by atoms with van der Waals surface area (Å²) in [5, 5.41) is 11.7. The van der Waals surface area contributed by atoms with Gasteiger partial charge in [0.2, 0.25) is 0 Å². The molecule has 0 bridgehead atoms. The Morgan fingerprint density at radius 2 is 2.37 bits per heavy atom. The van der Waals surface area contributed by atoms with Crippen LogP contribution in [0.1, 0.15) is 40.6 Å². The Hall–Kier alpha value is -1.95. The highest BCUT2D eigenvalue weighted by Gasteiger charge is 2.30. The summed E-state index contributed by atoms with van der Waals surface area (Å²) in [6.07, 6.45) is 3.24. The van der Waals surface area contributed by atoms with Crippen LogP contribution in [0.5, 0.6) is 0 Å². The summed E-state index contributed by atoms with van der Waals surface area (Å²) in [5.41, 5.74) is -0.539. The Labute approximate surface area is 110 Å². The second-order valence-electron chi connectivity index (χ2n) is 4.79. The van der Waals surface area contributed by atoms with Crippen molar-refractivity contribution in [3.8, 4) is 0 Å². The van der Waals surface area contributed by atoms with Crippen molar-refractivity contribution in [2.45, 2.75) is 25.4 Å². The molecule has 1 amide bonds. The number of rotatable bonds is 4. The number of aromatic carboxylic acids is 1. The molecule has 0 spiro atoms. The number of carbonyl (C=O) groups excluding carboxylic acids is 1. The van der Waals surface area contributed by atoms with Crippen molar-refractivity contribution in [3.63, 3.8) is 0 Å². The molecule has 102 valence electrons. The SMILES string of the molecule is CC1(CNC(=O)c2ncccc2C(=O)O)CCCO1. The molecule has 1 aliphatic rings. The van der Waals surface area contributed by atoms with E-state index in [1.807, 2.05) is 6.92 Å². The first-order valence-electron chi connectivity index (χ1n) is 6.12. The molecule has 2 heterocycles.